The molecule has 1 aromatic carbocycles. The molecule has 0 unspecified atom stereocenters. The molecule has 78 valence electrons. The third-order valence-electron chi connectivity index (χ3n) is 2.01. The van der Waals surface area contributed by atoms with Gasteiger partial charge in [0.1, 0.15) is 6.67 Å². The average molecular weight is 243 g/mol. The van der Waals surface area contributed by atoms with Gasteiger partial charge >= 0.3 is 0 Å². The second kappa shape index (κ2) is 4.16. The molecule has 0 atom stereocenters. The third kappa shape index (κ3) is 2.11. The molecule has 15 heavy (non-hydrogen) atoms. The predicted octanol–water partition coefficient (Wildman–Crippen LogP) is 3.52. The Morgan fingerprint density at radius 1 is 1.47 bits per heavy atom. The molecule has 0 saturated heterocycles. The van der Waals surface area contributed by atoms with Crippen molar-refractivity contribution in [3.63, 3.8) is 0 Å². The van der Waals surface area contributed by atoms with Crippen molar-refractivity contribution in [3.8, 4) is 11.3 Å². The summed E-state index contributed by atoms with van der Waals surface area (Å²) < 4.78 is 12.6. The van der Waals surface area contributed by atoms with Crippen molar-refractivity contribution >= 4 is 28.1 Å². The Morgan fingerprint density at radius 2 is 2.27 bits per heavy atom. The summed E-state index contributed by atoms with van der Waals surface area (Å²) in [6.07, 6.45) is 0. The number of hydrogen-bond acceptors (Lipinski definition) is 3. The highest BCUT2D eigenvalue weighted by Gasteiger charge is 2.06. The largest absolute Gasteiger partial charge is 0.375 e. The fraction of sp³-hybridized carbons (Fsp3) is 0.100. The van der Waals surface area contributed by atoms with Gasteiger partial charge in [-0.2, -0.15) is 0 Å². The Morgan fingerprint density at radius 3 is 2.87 bits per heavy atom. The van der Waals surface area contributed by atoms with Crippen molar-refractivity contribution in [1.82, 2.24) is 4.98 Å². The van der Waals surface area contributed by atoms with Gasteiger partial charge in [-0.15, -0.1) is 11.3 Å². The quantitative estimate of drug-likeness (QED) is 0.875. The zero-order valence-corrected chi connectivity index (χ0v) is 9.28. The van der Waals surface area contributed by atoms with E-state index in [1.165, 1.54) is 11.3 Å². The summed E-state index contributed by atoms with van der Waals surface area (Å²) in [7, 11) is 0. The first-order valence-corrected chi connectivity index (χ1v) is 5.52. The zero-order valence-electron chi connectivity index (χ0n) is 7.71. The molecule has 0 spiro atoms. The van der Waals surface area contributed by atoms with E-state index in [0.717, 1.165) is 11.3 Å². The summed E-state index contributed by atoms with van der Waals surface area (Å²) >= 11 is 7.16. The normalized spacial score (nSPS) is 10.5. The van der Waals surface area contributed by atoms with Crippen molar-refractivity contribution in [3.05, 3.63) is 34.2 Å². The van der Waals surface area contributed by atoms with Crippen LogP contribution in [-0.2, 0) is 6.67 Å². The molecule has 5 heteroatoms. The SMILES string of the molecule is Nc1nc(-c2ccc(Cl)c(CF)c2)cs1. The molecule has 0 fully saturated rings. The fourth-order valence-corrected chi connectivity index (χ4v) is 2.00. The summed E-state index contributed by atoms with van der Waals surface area (Å²) in [5.74, 6) is 0. The first-order chi connectivity index (χ1) is 7.20. The Balaban J connectivity index is 2.45. The van der Waals surface area contributed by atoms with Crippen molar-refractivity contribution in [1.29, 1.82) is 0 Å². The smallest absolute Gasteiger partial charge is 0.180 e. The highest BCUT2D eigenvalue weighted by atomic mass is 35.5. The molecular formula is C10H8ClFN2S. The summed E-state index contributed by atoms with van der Waals surface area (Å²) in [5.41, 5.74) is 7.58. The number of halogens is 2. The van der Waals surface area contributed by atoms with Gasteiger partial charge in [0.2, 0.25) is 0 Å². The van der Waals surface area contributed by atoms with E-state index in [9.17, 15) is 4.39 Å². The lowest BCUT2D eigenvalue weighted by molar-refractivity contribution is 0.485. The van der Waals surface area contributed by atoms with Gasteiger partial charge in [0, 0.05) is 21.5 Å². The molecule has 0 radical (unpaired) electrons. The molecular weight excluding hydrogens is 235 g/mol. The van der Waals surface area contributed by atoms with Crippen LogP contribution in [0.15, 0.2) is 23.6 Å². The maximum Gasteiger partial charge on any atom is 0.180 e. The number of rotatable bonds is 2. The molecule has 0 saturated carbocycles. The van der Waals surface area contributed by atoms with E-state index in [4.69, 9.17) is 17.3 Å². The van der Waals surface area contributed by atoms with Gasteiger partial charge < -0.3 is 5.73 Å². The topological polar surface area (TPSA) is 38.9 Å². The number of thiazole rings is 1. The highest BCUT2D eigenvalue weighted by Crippen LogP contribution is 2.27. The molecule has 2 N–H and O–H groups in total. The lowest BCUT2D eigenvalue weighted by atomic mass is 10.1. The molecule has 2 nitrogen and oxygen atoms in total. The highest BCUT2D eigenvalue weighted by molar-refractivity contribution is 7.13. The minimum atomic E-state index is -0.577. The summed E-state index contributed by atoms with van der Waals surface area (Å²) in [6, 6.07) is 5.16. The van der Waals surface area contributed by atoms with Gasteiger partial charge in [-0.1, -0.05) is 17.7 Å². The van der Waals surface area contributed by atoms with E-state index < -0.39 is 6.67 Å². The van der Waals surface area contributed by atoms with Crippen LogP contribution in [0.1, 0.15) is 5.56 Å². The molecule has 0 amide bonds. The lowest BCUT2D eigenvalue weighted by Crippen LogP contribution is -1.86. The molecule has 2 rings (SSSR count). The molecule has 1 aromatic heterocycles. The number of benzene rings is 1. The van der Waals surface area contributed by atoms with Crippen molar-refractivity contribution in [2.24, 2.45) is 0 Å². The maximum atomic E-state index is 12.6. The van der Waals surface area contributed by atoms with Crippen LogP contribution in [0.4, 0.5) is 9.52 Å². The second-order valence-electron chi connectivity index (χ2n) is 3.01. The zero-order chi connectivity index (χ0) is 10.8. The average Bonchev–Trinajstić information content (AvgIpc) is 2.66. The number of alkyl halides is 1. The van der Waals surface area contributed by atoms with Crippen LogP contribution in [0.25, 0.3) is 11.3 Å². The van der Waals surface area contributed by atoms with Crippen LogP contribution in [0.3, 0.4) is 0 Å². The van der Waals surface area contributed by atoms with Gasteiger partial charge in [0.05, 0.1) is 5.69 Å². The first-order valence-electron chi connectivity index (χ1n) is 4.26. The van der Waals surface area contributed by atoms with Gasteiger partial charge in [0.25, 0.3) is 0 Å². The minimum Gasteiger partial charge on any atom is -0.375 e. The third-order valence-corrected chi connectivity index (χ3v) is 3.05. The standard InChI is InChI=1S/C10H8ClFN2S/c11-8-2-1-6(3-7(8)4-12)9-5-15-10(13)14-9/h1-3,5H,4H2,(H2,13,14). The van der Waals surface area contributed by atoms with E-state index in [0.29, 0.717) is 15.7 Å². The van der Waals surface area contributed by atoms with Gasteiger partial charge in [-0.05, 0) is 12.1 Å². The Bertz CT molecular complexity index is 484. The molecule has 2 aromatic rings. The summed E-state index contributed by atoms with van der Waals surface area (Å²) in [4.78, 5) is 4.12. The van der Waals surface area contributed by atoms with Crippen molar-refractivity contribution < 1.29 is 4.39 Å². The van der Waals surface area contributed by atoms with Crippen LogP contribution >= 0.6 is 22.9 Å². The monoisotopic (exact) mass is 242 g/mol. The van der Waals surface area contributed by atoms with E-state index >= 15 is 0 Å². The van der Waals surface area contributed by atoms with Crippen LogP contribution in [-0.4, -0.2) is 4.98 Å². The Kier molecular flexibility index (Phi) is 2.88. The lowest BCUT2D eigenvalue weighted by Gasteiger charge is -2.01. The number of aromatic nitrogens is 1. The molecule has 0 aliphatic carbocycles. The van der Waals surface area contributed by atoms with Gasteiger partial charge in [-0.3, -0.25) is 0 Å². The maximum absolute atomic E-state index is 12.6. The number of hydrogen-bond donors (Lipinski definition) is 1. The van der Waals surface area contributed by atoms with Crippen LogP contribution in [0.5, 0.6) is 0 Å². The molecule has 0 aliphatic heterocycles. The molecule has 1 heterocycles. The number of nitrogens with two attached hydrogens (primary N) is 1. The Hall–Kier alpha value is -1.13. The first kappa shape index (κ1) is 10.4. The number of anilines is 1. The summed E-state index contributed by atoms with van der Waals surface area (Å²) in [6.45, 7) is -0.577. The van der Waals surface area contributed by atoms with E-state index in [-0.39, 0.29) is 0 Å². The summed E-state index contributed by atoms with van der Waals surface area (Å²) in [5, 5.41) is 2.77. The predicted molar refractivity (Wildman–Crippen MR) is 61.8 cm³/mol. The second-order valence-corrected chi connectivity index (χ2v) is 4.31. The van der Waals surface area contributed by atoms with Gasteiger partial charge in [0.15, 0.2) is 5.13 Å². The van der Waals surface area contributed by atoms with Crippen molar-refractivity contribution in [2.45, 2.75) is 6.67 Å². The van der Waals surface area contributed by atoms with Crippen LogP contribution in [0.2, 0.25) is 5.02 Å². The Labute approximate surface area is 95.5 Å². The number of nitrogens with zero attached hydrogens (tertiary/aromatic N) is 1. The van der Waals surface area contributed by atoms with Gasteiger partial charge in [-0.25, -0.2) is 9.37 Å². The minimum absolute atomic E-state index is 0.435. The van der Waals surface area contributed by atoms with E-state index in [1.54, 1.807) is 18.2 Å². The molecule has 0 bridgehead atoms. The van der Waals surface area contributed by atoms with E-state index in [2.05, 4.69) is 4.98 Å². The number of nitrogen functional groups attached to an aromatic ring is 1. The van der Waals surface area contributed by atoms with E-state index in [1.807, 2.05) is 5.38 Å². The van der Waals surface area contributed by atoms with Crippen molar-refractivity contribution in [2.75, 3.05) is 5.73 Å². The fourth-order valence-electron chi connectivity index (χ4n) is 1.26. The molecule has 0 aliphatic rings. The van der Waals surface area contributed by atoms with Crippen LogP contribution < -0.4 is 5.73 Å². The van der Waals surface area contributed by atoms with Crippen LogP contribution in [0, 0.1) is 0 Å².